The van der Waals surface area contributed by atoms with E-state index in [1.54, 1.807) is 7.05 Å². The monoisotopic (exact) mass is 256 g/mol. The van der Waals surface area contributed by atoms with Crippen molar-refractivity contribution < 1.29 is 8.42 Å². The molecule has 1 aliphatic carbocycles. The van der Waals surface area contributed by atoms with Gasteiger partial charge in [0.2, 0.25) is 10.0 Å². The molecule has 2 N–H and O–H groups in total. The summed E-state index contributed by atoms with van der Waals surface area (Å²) in [5.41, 5.74) is 5.43. The molecule has 0 bridgehead atoms. The summed E-state index contributed by atoms with van der Waals surface area (Å²) in [4.78, 5) is 0. The first kappa shape index (κ1) is 15.2. The Labute approximate surface area is 98.7 Å². The highest BCUT2D eigenvalue weighted by atomic mass is 35.5. The molecule has 0 radical (unpaired) electrons. The molecular formula is C9H21ClN2O2S. The summed E-state index contributed by atoms with van der Waals surface area (Å²) in [6.45, 7) is 4.96. The van der Waals surface area contributed by atoms with Gasteiger partial charge in [-0.1, -0.05) is 13.8 Å². The number of nitrogens with zero attached hydrogens (tertiary/aromatic N) is 1. The Balaban J connectivity index is 0.00000196. The first-order valence-corrected chi connectivity index (χ1v) is 6.45. The molecule has 0 aromatic carbocycles. The SMILES string of the molecule is CN(CC(C)(C)CN)S(=O)(=O)C1CC1.Cl. The van der Waals surface area contributed by atoms with Crippen molar-refractivity contribution in [1.82, 2.24) is 4.31 Å². The quantitative estimate of drug-likeness (QED) is 0.792. The summed E-state index contributed by atoms with van der Waals surface area (Å²) in [6.07, 6.45) is 1.63. The molecule has 0 unspecified atom stereocenters. The Kier molecular flexibility index (Phi) is 5.05. The summed E-state index contributed by atoms with van der Waals surface area (Å²) in [5, 5.41) is -0.124. The summed E-state index contributed by atoms with van der Waals surface area (Å²) in [6, 6.07) is 0. The van der Waals surface area contributed by atoms with Crippen molar-refractivity contribution in [2.75, 3.05) is 20.1 Å². The Hall–Kier alpha value is 0.160. The van der Waals surface area contributed by atoms with Gasteiger partial charge in [0.05, 0.1) is 5.25 Å². The largest absolute Gasteiger partial charge is 0.330 e. The molecule has 92 valence electrons. The molecule has 6 heteroatoms. The van der Waals surface area contributed by atoms with Crippen LogP contribution in [-0.4, -0.2) is 38.1 Å². The van der Waals surface area contributed by atoms with Crippen molar-refractivity contribution >= 4 is 22.4 Å². The van der Waals surface area contributed by atoms with Gasteiger partial charge in [-0.25, -0.2) is 12.7 Å². The van der Waals surface area contributed by atoms with E-state index in [1.165, 1.54) is 4.31 Å². The van der Waals surface area contributed by atoms with Gasteiger partial charge >= 0.3 is 0 Å². The lowest BCUT2D eigenvalue weighted by molar-refractivity contribution is 0.291. The Morgan fingerprint density at radius 3 is 2.20 bits per heavy atom. The topological polar surface area (TPSA) is 63.4 Å². The van der Waals surface area contributed by atoms with Crippen LogP contribution < -0.4 is 5.73 Å². The average Bonchev–Trinajstić information content (AvgIpc) is 2.85. The lowest BCUT2D eigenvalue weighted by Gasteiger charge is -2.28. The zero-order valence-electron chi connectivity index (χ0n) is 9.56. The van der Waals surface area contributed by atoms with Crippen LogP contribution in [-0.2, 0) is 10.0 Å². The molecule has 15 heavy (non-hydrogen) atoms. The Morgan fingerprint density at radius 1 is 1.40 bits per heavy atom. The van der Waals surface area contributed by atoms with Gasteiger partial charge < -0.3 is 5.73 Å². The van der Waals surface area contributed by atoms with Crippen LogP contribution in [0, 0.1) is 5.41 Å². The van der Waals surface area contributed by atoms with Gasteiger partial charge in [0.1, 0.15) is 0 Å². The maximum Gasteiger partial charge on any atom is 0.216 e. The van der Waals surface area contributed by atoms with Crippen LogP contribution >= 0.6 is 12.4 Å². The third kappa shape index (κ3) is 3.90. The molecule has 1 rings (SSSR count). The fourth-order valence-corrected chi connectivity index (χ4v) is 3.15. The standard InChI is InChI=1S/C9H20N2O2S.ClH/c1-9(2,6-10)7-11(3)14(12,13)8-4-5-8;/h8H,4-7,10H2,1-3H3;1H. The predicted molar refractivity (Wildman–Crippen MR) is 64.7 cm³/mol. The molecule has 0 atom stereocenters. The first-order chi connectivity index (χ1) is 6.29. The molecular weight excluding hydrogens is 236 g/mol. The van der Waals surface area contributed by atoms with Crippen LogP contribution in [0.15, 0.2) is 0 Å². The van der Waals surface area contributed by atoms with E-state index in [1.807, 2.05) is 13.8 Å². The van der Waals surface area contributed by atoms with Crippen LogP contribution in [0.5, 0.6) is 0 Å². The summed E-state index contributed by atoms with van der Waals surface area (Å²) in [5.74, 6) is 0. The minimum atomic E-state index is -3.03. The molecule has 0 aliphatic heterocycles. The van der Waals surface area contributed by atoms with Gasteiger partial charge in [-0.05, 0) is 24.8 Å². The molecule has 0 spiro atoms. The van der Waals surface area contributed by atoms with Gasteiger partial charge in [-0.15, -0.1) is 12.4 Å². The molecule has 0 amide bonds. The van der Waals surface area contributed by atoms with Crippen molar-refractivity contribution in [1.29, 1.82) is 0 Å². The fourth-order valence-electron chi connectivity index (χ4n) is 1.38. The molecule has 0 heterocycles. The Bertz CT molecular complexity index is 299. The zero-order valence-corrected chi connectivity index (χ0v) is 11.2. The molecule has 0 saturated heterocycles. The van der Waals surface area contributed by atoms with Crippen molar-refractivity contribution in [3.05, 3.63) is 0 Å². The zero-order chi connectivity index (χ0) is 11.0. The van der Waals surface area contributed by atoms with E-state index >= 15 is 0 Å². The highest BCUT2D eigenvalue weighted by molar-refractivity contribution is 7.90. The number of nitrogens with two attached hydrogens (primary N) is 1. The highest BCUT2D eigenvalue weighted by Crippen LogP contribution is 2.31. The summed E-state index contributed by atoms with van der Waals surface area (Å²) < 4.78 is 25.0. The van der Waals surface area contributed by atoms with E-state index in [0.717, 1.165) is 12.8 Å². The molecule has 1 aliphatic rings. The van der Waals surface area contributed by atoms with E-state index in [-0.39, 0.29) is 23.1 Å². The second-order valence-electron chi connectivity index (χ2n) is 4.87. The predicted octanol–water partition coefficient (Wildman–Crippen LogP) is 0.817. The van der Waals surface area contributed by atoms with Gasteiger partial charge in [0.15, 0.2) is 0 Å². The van der Waals surface area contributed by atoms with E-state index in [2.05, 4.69) is 0 Å². The van der Waals surface area contributed by atoms with E-state index in [4.69, 9.17) is 5.73 Å². The maximum absolute atomic E-state index is 11.8. The number of hydrogen-bond donors (Lipinski definition) is 1. The van der Waals surface area contributed by atoms with E-state index in [0.29, 0.717) is 13.1 Å². The van der Waals surface area contributed by atoms with Gasteiger partial charge in [-0.2, -0.15) is 0 Å². The lowest BCUT2D eigenvalue weighted by atomic mass is 9.94. The fraction of sp³-hybridized carbons (Fsp3) is 1.00. The second-order valence-corrected chi connectivity index (χ2v) is 7.19. The third-order valence-electron chi connectivity index (χ3n) is 2.58. The maximum atomic E-state index is 11.8. The molecule has 0 aromatic heterocycles. The van der Waals surface area contributed by atoms with Crippen LogP contribution in [0.4, 0.5) is 0 Å². The van der Waals surface area contributed by atoms with Crippen LogP contribution in [0.3, 0.4) is 0 Å². The normalized spacial score (nSPS) is 17.7. The van der Waals surface area contributed by atoms with Crippen molar-refractivity contribution in [2.45, 2.75) is 31.9 Å². The van der Waals surface area contributed by atoms with Crippen molar-refractivity contribution in [3.63, 3.8) is 0 Å². The average molecular weight is 257 g/mol. The van der Waals surface area contributed by atoms with Crippen LogP contribution in [0.25, 0.3) is 0 Å². The van der Waals surface area contributed by atoms with Crippen molar-refractivity contribution in [2.24, 2.45) is 11.1 Å². The first-order valence-electron chi connectivity index (χ1n) is 4.95. The minimum absolute atomic E-state index is 0. The van der Waals surface area contributed by atoms with E-state index < -0.39 is 10.0 Å². The van der Waals surface area contributed by atoms with Crippen LogP contribution in [0.2, 0.25) is 0 Å². The third-order valence-corrected chi connectivity index (χ3v) is 4.90. The van der Waals surface area contributed by atoms with Gasteiger partial charge in [0.25, 0.3) is 0 Å². The summed E-state index contributed by atoms with van der Waals surface area (Å²) in [7, 11) is -1.39. The molecule has 1 saturated carbocycles. The van der Waals surface area contributed by atoms with Crippen LogP contribution in [0.1, 0.15) is 26.7 Å². The molecule has 1 fully saturated rings. The molecule has 0 aromatic rings. The lowest BCUT2D eigenvalue weighted by Crippen LogP contribution is -2.41. The highest BCUT2D eigenvalue weighted by Gasteiger charge is 2.39. The molecule has 4 nitrogen and oxygen atoms in total. The van der Waals surface area contributed by atoms with Gasteiger partial charge in [-0.3, -0.25) is 0 Å². The van der Waals surface area contributed by atoms with Gasteiger partial charge in [0, 0.05) is 13.6 Å². The van der Waals surface area contributed by atoms with Crippen molar-refractivity contribution in [3.8, 4) is 0 Å². The summed E-state index contributed by atoms with van der Waals surface area (Å²) >= 11 is 0. The Morgan fingerprint density at radius 2 is 1.87 bits per heavy atom. The number of hydrogen-bond acceptors (Lipinski definition) is 3. The number of halogens is 1. The van der Waals surface area contributed by atoms with E-state index in [9.17, 15) is 8.42 Å². The second kappa shape index (κ2) is 4.99. The minimum Gasteiger partial charge on any atom is -0.330 e. The smallest absolute Gasteiger partial charge is 0.216 e. The number of rotatable bonds is 5. The number of sulfonamides is 1.